The van der Waals surface area contributed by atoms with Crippen LogP contribution in [0.15, 0.2) is 0 Å². The lowest BCUT2D eigenvalue weighted by atomic mass is 10.5. The van der Waals surface area contributed by atoms with E-state index >= 15 is 0 Å². The third kappa shape index (κ3) is 4.63. The Morgan fingerprint density at radius 3 is 2.40 bits per heavy atom. The molecule has 0 fully saturated rings. The van der Waals surface area contributed by atoms with Gasteiger partial charge in [0.15, 0.2) is 0 Å². The standard InChI is InChI=1S/C4H8O4S2/c1-9-10(7,8)3-2-4(5)6/h2-3H2,1H3,(H,5,6). The Balaban J connectivity index is 3.81. The summed E-state index contributed by atoms with van der Waals surface area (Å²) in [7, 11) is -2.50. The molecule has 0 aliphatic carbocycles. The third-order valence-electron chi connectivity index (χ3n) is 0.820. The van der Waals surface area contributed by atoms with E-state index in [2.05, 4.69) is 0 Å². The summed E-state index contributed by atoms with van der Waals surface area (Å²) in [6, 6.07) is 0. The second-order valence-corrected chi connectivity index (χ2v) is 5.95. The number of carboxylic acid groups (broad SMARTS) is 1. The van der Waals surface area contributed by atoms with E-state index in [0.717, 1.165) is 0 Å². The molecule has 0 aromatic rings. The summed E-state index contributed by atoms with van der Waals surface area (Å²) in [6.07, 6.45) is 1.10. The van der Waals surface area contributed by atoms with Crippen molar-refractivity contribution < 1.29 is 18.3 Å². The van der Waals surface area contributed by atoms with Gasteiger partial charge in [-0.15, -0.1) is 0 Å². The van der Waals surface area contributed by atoms with Crippen LogP contribution in [0.1, 0.15) is 6.42 Å². The first-order chi connectivity index (χ1) is 4.48. The second kappa shape index (κ2) is 3.82. The SMILES string of the molecule is CSS(=O)(=O)CCC(=O)O. The Bertz CT molecular complexity index is 205. The van der Waals surface area contributed by atoms with Gasteiger partial charge in [0.05, 0.1) is 12.2 Å². The van der Waals surface area contributed by atoms with E-state index in [1.165, 1.54) is 6.26 Å². The van der Waals surface area contributed by atoms with Gasteiger partial charge in [-0.3, -0.25) is 4.79 Å². The molecule has 6 heteroatoms. The molecule has 60 valence electrons. The first-order valence-electron chi connectivity index (χ1n) is 2.48. The fraction of sp³-hybridized carbons (Fsp3) is 0.750. The van der Waals surface area contributed by atoms with Crippen molar-refractivity contribution in [2.24, 2.45) is 0 Å². The molecule has 0 saturated carbocycles. The van der Waals surface area contributed by atoms with E-state index in [-0.39, 0.29) is 12.2 Å². The minimum Gasteiger partial charge on any atom is -0.481 e. The zero-order chi connectivity index (χ0) is 8.20. The topological polar surface area (TPSA) is 71.4 Å². The highest BCUT2D eigenvalue weighted by atomic mass is 33.1. The maximum absolute atomic E-state index is 10.6. The normalized spacial score (nSPS) is 11.3. The van der Waals surface area contributed by atoms with Crippen molar-refractivity contribution in [3.63, 3.8) is 0 Å². The number of hydrogen-bond acceptors (Lipinski definition) is 4. The van der Waals surface area contributed by atoms with Crippen LogP contribution in [0.25, 0.3) is 0 Å². The Kier molecular flexibility index (Phi) is 3.73. The summed E-state index contributed by atoms with van der Waals surface area (Å²) < 4.78 is 21.2. The molecule has 0 aliphatic rings. The van der Waals surface area contributed by atoms with E-state index in [4.69, 9.17) is 5.11 Å². The van der Waals surface area contributed by atoms with E-state index in [1.54, 1.807) is 0 Å². The summed E-state index contributed by atoms with van der Waals surface area (Å²) in [5, 5.41) is 8.10. The zero-order valence-corrected chi connectivity index (χ0v) is 7.04. The van der Waals surface area contributed by atoms with Gasteiger partial charge in [-0.1, -0.05) is 0 Å². The Labute approximate surface area is 62.9 Å². The number of hydrogen-bond donors (Lipinski definition) is 1. The Hall–Kier alpha value is -0.230. The van der Waals surface area contributed by atoms with Crippen LogP contribution in [-0.4, -0.2) is 31.5 Å². The molecule has 0 bridgehead atoms. The Morgan fingerprint density at radius 1 is 1.60 bits per heavy atom. The van der Waals surface area contributed by atoms with Gasteiger partial charge < -0.3 is 5.11 Å². The minimum atomic E-state index is -3.18. The van der Waals surface area contributed by atoms with Crippen LogP contribution >= 0.6 is 10.8 Å². The van der Waals surface area contributed by atoms with Gasteiger partial charge in [-0.2, -0.15) is 0 Å². The van der Waals surface area contributed by atoms with Crippen LogP contribution in [0.3, 0.4) is 0 Å². The van der Waals surface area contributed by atoms with Crippen LogP contribution < -0.4 is 0 Å². The molecular weight excluding hydrogens is 176 g/mol. The molecular formula is C4H8O4S2. The van der Waals surface area contributed by atoms with Crippen molar-refractivity contribution in [2.45, 2.75) is 6.42 Å². The largest absolute Gasteiger partial charge is 0.481 e. The molecule has 10 heavy (non-hydrogen) atoms. The maximum atomic E-state index is 10.6. The summed E-state index contributed by atoms with van der Waals surface area (Å²) >= 11 is 0. The quantitative estimate of drug-likeness (QED) is 0.630. The first kappa shape index (κ1) is 9.77. The molecule has 0 aromatic carbocycles. The van der Waals surface area contributed by atoms with E-state index in [1.807, 2.05) is 0 Å². The molecule has 1 N–H and O–H groups in total. The molecule has 0 heterocycles. The number of rotatable bonds is 4. The monoisotopic (exact) mass is 184 g/mol. The molecule has 0 saturated heterocycles. The van der Waals surface area contributed by atoms with Gasteiger partial charge in [0.1, 0.15) is 0 Å². The highest BCUT2D eigenvalue weighted by Crippen LogP contribution is 2.08. The average Bonchev–Trinajstić information content (AvgIpc) is 1.85. The average molecular weight is 184 g/mol. The molecule has 0 aliphatic heterocycles. The van der Waals surface area contributed by atoms with Crippen LogP contribution in [0.4, 0.5) is 0 Å². The number of carboxylic acids is 1. The van der Waals surface area contributed by atoms with Gasteiger partial charge in [0.25, 0.3) is 0 Å². The summed E-state index contributed by atoms with van der Waals surface area (Å²) in [6.45, 7) is 0. The molecule has 0 amide bonds. The van der Waals surface area contributed by atoms with Crippen molar-refractivity contribution in [3.05, 3.63) is 0 Å². The molecule has 0 aromatic heterocycles. The Morgan fingerprint density at radius 2 is 2.10 bits per heavy atom. The molecule has 0 atom stereocenters. The number of carbonyl (C=O) groups is 1. The predicted octanol–water partition coefficient (Wildman–Crippen LogP) is 0.154. The van der Waals surface area contributed by atoms with E-state index < -0.39 is 14.8 Å². The molecule has 4 nitrogen and oxygen atoms in total. The zero-order valence-electron chi connectivity index (χ0n) is 5.40. The van der Waals surface area contributed by atoms with Gasteiger partial charge in [0, 0.05) is 0 Å². The summed E-state index contributed by atoms with van der Waals surface area (Å²) in [5.41, 5.74) is 0. The molecule has 0 unspecified atom stereocenters. The maximum Gasteiger partial charge on any atom is 0.304 e. The van der Waals surface area contributed by atoms with E-state index in [0.29, 0.717) is 10.8 Å². The van der Waals surface area contributed by atoms with Crippen LogP contribution in [-0.2, 0) is 13.7 Å². The molecule has 0 rings (SSSR count). The molecule has 0 radical (unpaired) electrons. The van der Waals surface area contributed by atoms with Gasteiger partial charge in [-0.05, 0) is 17.0 Å². The van der Waals surface area contributed by atoms with Crippen molar-refractivity contribution in [1.82, 2.24) is 0 Å². The minimum absolute atomic E-state index is 0.288. The van der Waals surface area contributed by atoms with Gasteiger partial charge in [0.2, 0.25) is 8.87 Å². The van der Waals surface area contributed by atoms with Crippen LogP contribution in [0, 0.1) is 0 Å². The third-order valence-corrected chi connectivity index (χ3v) is 4.06. The predicted molar refractivity (Wildman–Crippen MR) is 39.6 cm³/mol. The first-order valence-corrected chi connectivity index (χ1v) is 5.87. The van der Waals surface area contributed by atoms with E-state index in [9.17, 15) is 13.2 Å². The van der Waals surface area contributed by atoms with Gasteiger partial charge in [-0.25, -0.2) is 8.42 Å². The summed E-state index contributed by atoms with van der Waals surface area (Å²) in [4.78, 5) is 9.89. The van der Waals surface area contributed by atoms with Crippen molar-refractivity contribution in [2.75, 3.05) is 12.0 Å². The second-order valence-electron chi connectivity index (χ2n) is 1.57. The number of aliphatic carboxylic acids is 1. The lowest BCUT2D eigenvalue weighted by Crippen LogP contribution is -2.06. The van der Waals surface area contributed by atoms with Crippen molar-refractivity contribution in [3.8, 4) is 0 Å². The van der Waals surface area contributed by atoms with Crippen LogP contribution in [0.5, 0.6) is 0 Å². The van der Waals surface area contributed by atoms with Crippen molar-refractivity contribution in [1.29, 1.82) is 0 Å². The van der Waals surface area contributed by atoms with Crippen molar-refractivity contribution >= 4 is 25.6 Å². The lowest BCUT2D eigenvalue weighted by Gasteiger charge is -1.94. The lowest BCUT2D eigenvalue weighted by molar-refractivity contribution is -0.136. The fourth-order valence-corrected chi connectivity index (χ4v) is 1.64. The van der Waals surface area contributed by atoms with Crippen LogP contribution in [0.2, 0.25) is 0 Å². The highest BCUT2D eigenvalue weighted by molar-refractivity contribution is 8.71. The van der Waals surface area contributed by atoms with Gasteiger partial charge >= 0.3 is 5.97 Å². The highest BCUT2D eigenvalue weighted by Gasteiger charge is 2.10. The summed E-state index contributed by atoms with van der Waals surface area (Å²) in [5.74, 6) is -1.37. The smallest absolute Gasteiger partial charge is 0.304 e. The molecule has 0 spiro atoms. The fourth-order valence-electron chi connectivity index (χ4n) is 0.296.